The zero-order valence-electron chi connectivity index (χ0n) is 12.0. The maximum atomic E-state index is 11.4. The Morgan fingerprint density at radius 3 is 2.74 bits per heavy atom. The molecule has 0 saturated carbocycles. The van der Waals surface area contributed by atoms with Gasteiger partial charge in [0.2, 0.25) is 5.76 Å². The molecule has 0 bridgehead atoms. The van der Waals surface area contributed by atoms with Crippen molar-refractivity contribution in [3.05, 3.63) is 23.7 Å². The first-order valence-corrected chi connectivity index (χ1v) is 6.49. The van der Waals surface area contributed by atoms with Gasteiger partial charge >= 0.3 is 5.97 Å². The first-order chi connectivity index (χ1) is 8.84. The fourth-order valence-corrected chi connectivity index (χ4v) is 1.42. The number of aliphatic hydroxyl groups excluding tert-OH is 1. The smallest absolute Gasteiger partial charge is 0.374 e. The molecule has 0 aromatic carbocycles. The van der Waals surface area contributed by atoms with Crippen molar-refractivity contribution in [1.82, 2.24) is 5.32 Å². The average molecular weight is 269 g/mol. The van der Waals surface area contributed by atoms with Crippen molar-refractivity contribution < 1.29 is 19.1 Å². The minimum atomic E-state index is -0.455. The molecule has 1 aromatic rings. The third kappa shape index (κ3) is 5.04. The van der Waals surface area contributed by atoms with Gasteiger partial charge in [-0.1, -0.05) is 20.8 Å². The number of furan rings is 1. The molecule has 5 nitrogen and oxygen atoms in total. The number of esters is 1. The van der Waals surface area contributed by atoms with Gasteiger partial charge in [-0.2, -0.15) is 0 Å². The van der Waals surface area contributed by atoms with Crippen molar-refractivity contribution in [3.8, 4) is 0 Å². The fraction of sp³-hybridized carbons (Fsp3) is 0.643. The molecular formula is C14H23NO4. The summed E-state index contributed by atoms with van der Waals surface area (Å²) in [5.41, 5.74) is -0.160. The quantitative estimate of drug-likeness (QED) is 0.772. The van der Waals surface area contributed by atoms with Crippen molar-refractivity contribution in [2.75, 3.05) is 13.2 Å². The second-order valence-corrected chi connectivity index (χ2v) is 5.50. The van der Waals surface area contributed by atoms with Crippen LogP contribution in [0.1, 0.15) is 44.0 Å². The van der Waals surface area contributed by atoms with Crippen LogP contribution in [0.15, 0.2) is 16.5 Å². The van der Waals surface area contributed by atoms with E-state index in [1.165, 1.54) is 0 Å². The van der Waals surface area contributed by atoms with E-state index in [1.54, 1.807) is 19.1 Å². The van der Waals surface area contributed by atoms with Crippen LogP contribution in [0.4, 0.5) is 0 Å². The maximum Gasteiger partial charge on any atom is 0.374 e. The normalized spacial score (nSPS) is 13.3. The van der Waals surface area contributed by atoms with Crippen LogP contribution in [0.5, 0.6) is 0 Å². The summed E-state index contributed by atoms with van der Waals surface area (Å²) in [5, 5.41) is 13.0. The molecule has 1 rings (SSSR count). The molecule has 0 spiro atoms. The van der Waals surface area contributed by atoms with Gasteiger partial charge in [-0.05, 0) is 24.5 Å². The van der Waals surface area contributed by atoms with E-state index in [0.29, 0.717) is 25.5 Å². The molecule has 2 N–H and O–H groups in total. The number of carbonyl (C=O) groups is 1. The lowest BCUT2D eigenvalue weighted by atomic mass is 9.89. The Morgan fingerprint density at radius 2 is 2.16 bits per heavy atom. The van der Waals surface area contributed by atoms with Gasteiger partial charge in [0.1, 0.15) is 5.76 Å². The molecule has 1 unspecified atom stereocenters. The van der Waals surface area contributed by atoms with Crippen LogP contribution < -0.4 is 5.32 Å². The Morgan fingerprint density at radius 1 is 1.47 bits per heavy atom. The molecule has 19 heavy (non-hydrogen) atoms. The number of carbonyl (C=O) groups excluding carboxylic acids is 1. The first-order valence-electron chi connectivity index (χ1n) is 6.49. The number of hydrogen-bond acceptors (Lipinski definition) is 5. The van der Waals surface area contributed by atoms with Gasteiger partial charge in [-0.25, -0.2) is 4.79 Å². The van der Waals surface area contributed by atoms with Crippen LogP contribution in [0.25, 0.3) is 0 Å². The minimum absolute atomic E-state index is 0.160. The van der Waals surface area contributed by atoms with Gasteiger partial charge < -0.3 is 19.6 Å². The zero-order valence-corrected chi connectivity index (χ0v) is 12.0. The number of rotatable bonds is 6. The van der Waals surface area contributed by atoms with Crippen LogP contribution in [0.3, 0.4) is 0 Å². The Kier molecular flexibility index (Phi) is 5.57. The molecular weight excluding hydrogens is 246 g/mol. The SMILES string of the molecule is CCOC(=O)c1ccc(CNCC(O)C(C)(C)C)o1. The van der Waals surface area contributed by atoms with E-state index >= 15 is 0 Å². The standard InChI is InChI=1S/C14H23NO4/c1-5-18-13(17)11-7-6-10(19-11)8-15-9-12(16)14(2,3)4/h6-7,12,15-16H,5,8-9H2,1-4H3. The van der Waals surface area contributed by atoms with Crippen molar-refractivity contribution in [2.45, 2.75) is 40.3 Å². The molecule has 0 aliphatic rings. The topological polar surface area (TPSA) is 71.7 Å². The largest absolute Gasteiger partial charge is 0.460 e. The molecule has 0 aliphatic carbocycles. The van der Waals surface area contributed by atoms with Crippen LogP contribution in [0, 0.1) is 5.41 Å². The van der Waals surface area contributed by atoms with E-state index in [2.05, 4.69) is 5.32 Å². The Balaban J connectivity index is 2.41. The minimum Gasteiger partial charge on any atom is -0.460 e. The third-order valence-corrected chi connectivity index (χ3v) is 2.77. The highest BCUT2D eigenvalue weighted by atomic mass is 16.5. The third-order valence-electron chi connectivity index (χ3n) is 2.77. The van der Waals surface area contributed by atoms with Crippen LogP contribution in [0.2, 0.25) is 0 Å². The van der Waals surface area contributed by atoms with Gasteiger partial charge in [-0.3, -0.25) is 0 Å². The molecule has 0 amide bonds. The summed E-state index contributed by atoms with van der Waals surface area (Å²) < 4.78 is 10.2. The van der Waals surface area contributed by atoms with Crippen LogP contribution in [-0.2, 0) is 11.3 Å². The summed E-state index contributed by atoms with van der Waals surface area (Å²) in [6, 6.07) is 3.32. The molecule has 0 fully saturated rings. The van der Waals surface area contributed by atoms with E-state index < -0.39 is 12.1 Å². The van der Waals surface area contributed by atoms with Gasteiger partial charge in [-0.15, -0.1) is 0 Å². The number of ether oxygens (including phenoxy) is 1. The summed E-state index contributed by atoms with van der Waals surface area (Å²) in [5.74, 6) is 0.391. The fourth-order valence-electron chi connectivity index (χ4n) is 1.42. The molecule has 1 aromatic heterocycles. The van der Waals surface area contributed by atoms with Crippen molar-refractivity contribution in [2.24, 2.45) is 5.41 Å². The van der Waals surface area contributed by atoms with E-state index in [1.807, 2.05) is 20.8 Å². The predicted molar refractivity (Wildman–Crippen MR) is 71.8 cm³/mol. The van der Waals surface area contributed by atoms with Gasteiger partial charge in [0, 0.05) is 6.54 Å². The Bertz CT molecular complexity index is 406. The van der Waals surface area contributed by atoms with Gasteiger partial charge in [0.05, 0.1) is 19.3 Å². The van der Waals surface area contributed by atoms with Gasteiger partial charge in [0.15, 0.2) is 0 Å². The highest BCUT2D eigenvalue weighted by molar-refractivity contribution is 5.86. The monoisotopic (exact) mass is 269 g/mol. The number of aliphatic hydroxyl groups is 1. The summed E-state index contributed by atoms with van der Waals surface area (Å²) in [4.78, 5) is 11.4. The van der Waals surface area contributed by atoms with Crippen molar-refractivity contribution >= 4 is 5.97 Å². The number of nitrogens with one attached hydrogen (secondary N) is 1. The highest BCUT2D eigenvalue weighted by Gasteiger charge is 2.21. The molecule has 5 heteroatoms. The summed E-state index contributed by atoms with van der Waals surface area (Å²) >= 11 is 0. The summed E-state index contributed by atoms with van der Waals surface area (Å²) in [7, 11) is 0. The maximum absolute atomic E-state index is 11.4. The van der Waals surface area contributed by atoms with Crippen LogP contribution >= 0.6 is 0 Å². The molecule has 0 radical (unpaired) electrons. The Hall–Kier alpha value is -1.33. The second kappa shape index (κ2) is 6.73. The van der Waals surface area contributed by atoms with E-state index in [9.17, 15) is 9.90 Å². The van der Waals surface area contributed by atoms with Gasteiger partial charge in [0.25, 0.3) is 0 Å². The number of hydrogen-bond donors (Lipinski definition) is 2. The molecule has 0 saturated heterocycles. The predicted octanol–water partition coefficient (Wildman–Crippen LogP) is 1.95. The molecule has 1 atom stereocenters. The average Bonchev–Trinajstić information content (AvgIpc) is 2.76. The van der Waals surface area contributed by atoms with E-state index in [4.69, 9.17) is 9.15 Å². The molecule has 1 heterocycles. The zero-order chi connectivity index (χ0) is 14.5. The lowest BCUT2D eigenvalue weighted by Crippen LogP contribution is -2.36. The Labute approximate surface area is 113 Å². The van der Waals surface area contributed by atoms with Crippen molar-refractivity contribution in [3.63, 3.8) is 0 Å². The van der Waals surface area contributed by atoms with E-state index in [-0.39, 0.29) is 11.2 Å². The first kappa shape index (κ1) is 15.7. The summed E-state index contributed by atoms with van der Waals surface area (Å²) in [6.07, 6.45) is -0.438. The highest BCUT2D eigenvalue weighted by Crippen LogP contribution is 2.18. The molecule has 0 aliphatic heterocycles. The summed E-state index contributed by atoms with van der Waals surface area (Å²) in [6.45, 7) is 8.94. The molecule has 108 valence electrons. The lowest BCUT2D eigenvalue weighted by Gasteiger charge is -2.25. The lowest BCUT2D eigenvalue weighted by molar-refractivity contribution is 0.0486. The van der Waals surface area contributed by atoms with Crippen LogP contribution in [-0.4, -0.2) is 30.3 Å². The second-order valence-electron chi connectivity index (χ2n) is 5.50. The van der Waals surface area contributed by atoms with E-state index in [0.717, 1.165) is 0 Å². The van der Waals surface area contributed by atoms with Crippen molar-refractivity contribution in [1.29, 1.82) is 0 Å².